The van der Waals surface area contributed by atoms with Gasteiger partial charge in [0.1, 0.15) is 0 Å². The lowest BCUT2D eigenvalue weighted by molar-refractivity contribution is -0.123. The van der Waals surface area contributed by atoms with Crippen molar-refractivity contribution in [3.05, 3.63) is 35.4 Å². The Hall–Kier alpha value is -1.49. The Balaban J connectivity index is 1.46. The van der Waals surface area contributed by atoms with Crippen LogP contribution >= 0.6 is 0 Å². The smallest absolute Gasteiger partial charge is 0.223 e. The van der Waals surface area contributed by atoms with E-state index in [0.29, 0.717) is 18.4 Å². The minimum absolute atomic E-state index is 0.0334. The average Bonchev–Trinajstić information content (AvgIpc) is 3.32. The largest absolute Gasteiger partial charge is 0.351 e. The summed E-state index contributed by atoms with van der Waals surface area (Å²) in [5, 5.41) is 6.51. The van der Waals surface area contributed by atoms with Gasteiger partial charge in [0.25, 0.3) is 0 Å². The number of nitrogens with one attached hydrogen (secondary N) is 2. The molecule has 1 aromatic carbocycles. The zero-order chi connectivity index (χ0) is 16.7. The number of hydrogen-bond acceptors (Lipinski definition) is 2. The van der Waals surface area contributed by atoms with Gasteiger partial charge in [-0.3, -0.25) is 4.79 Å². The van der Waals surface area contributed by atoms with Gasteiger partial charge in [0.2, 0.25) is 5.91 Å². The maximum atomic E-state index is 13.6. The molecule has 3 nitrogen and oxygen atoms in total. The summed E-state index contributed by atoms with van der Waals surface area (Å²) >= 11 is 0. The molecule has 1 aliphatic heterocycles. The molecule has 24 heavy (non-hydrogen) atoms. The molecule has 0 radical (unpaired) electrons. The quantitative estimate of drug-likeness (QED) is 0.892. The van der Waals surface area contributed by atoms with E-state index in [1.165, 1.54) is 37.8 Å². The number of fused-ring (bicyclic) bond motifs is 1. The van der Waals surface area contributed by atoms with E-state index < -0.39 is 11.6 Å². The number of carbonyl (C=O) groups is 1. The first kappa shape index (κ1) is 16.0. The van der Waals surface area contributed by atoms with Crippen LogP contribution in [0.4, 0.5) is 8.78 Å². The Morgan fingerprint density at radius 2 is 1.83 bits per heavy atom. The zero-order valence-corrected chi connectivity index (χ0v) is 13.7. The van der Waals surface area contributed by atoms with E-state index in [4.69, 9.17) is 0 Å². The van der Waals surface area contributed by atoms with Crippen LogP contribution in [0, 0.1) is 29.4 Å². The van der Waals surface area contributed by atoms with Crippen LogP contribution in [0.2, 0.25) is 0 Å². The molecular formula is C19H24F2N2O. The first-order valence-corrected chi connectivity index (χ1v) is 9.11. The van der Waals surface area contributed by atoms with Crippen molar-refractivity contribution in [2.45, 2.75) is 44.1 Å². The van der Waals surface area contributed by atoms with Crippen LogP contribution in [0.1, 0.15) is 43.6 Å². The van der Waals surface area contributed by atoms with Crippen LogP contribution in [0.3, 0.4) is 0 Å². The summed E-state index contributed by atoms with van der Waals surface area (Å²) in [6.07, 6.45) is 5.66. The molecule has 130 valence electrons. The Morgan fingerprint density at radius 3 is 2.54 bits per heavy atom. The second-order valence-corrected chi connectivity index (χ2v) is 7.53. The zero-order valence-electron chi connectivity index (χ0n) is 13.7. The van der Waals surface area contributed by atoms with Crippen LogP contribution < -0.4 is 10.6 Å². The minimum Gasteiger partial charge on any atom is -0.351 e. The summed E-state index contributed by atoms with van der Waals surface area (Å²) in [5.74, 6) is -0.104. The summed E-state index contributed by atoms with van der Waals surface area (Å²) < 4.78 is 26.8. The predicted molar refractivity (Wildman–Crippen MR) is 87.5 cm³/mol. The van der Waals surface area contributed by atoms with Crippen molar-refractivity contribution in [1.82, 2.24) is 10.6 Å². The lowest BCUT2D eigenvalue weighted by Gasteiger charge is -2.33. The van der Waals surface area contributed by atoms with Crippen LogP contribution in [-0.4, -0.2) is 25.0 Å². The van der Waals surface area contributed by atoms with Gasteiger partial charge in [0.15, 0.2) is 11.6 Å². The maximum Gasteiger partial charge on any atom is 0.223 e. The molecule has 5 heteroatoms. The molecule has 4 rings (SSSR count). The molecule has 0 spiro atoms. The summed E-state index contributed by atoms with van der Waals surface area (Å²) in [7, 11) is 0. The second kappa shape index (κ2) is 6.43. The molecule has 0 bridgehead atoms. The Kier molecular flexibility index (Phi) is 4.29. The molecule has 2 aliphatic carbocycles. The maximum absolute atomic E-state index is 13.6. The third-order valence-electron chi connectivity index (χ3n) is 6.14. The number of halogens is 2. The highest BCUT2D eigenvalue weighted by atomic mass is 19.2. The molecule has 0 aromatic heterocycles. The molecule has 4 atom stereocenters. The van der Waals surface area contributed by atoms with Crippen molar-refractivity contribution >= 4 is 5.91 Å². The van der Waals surface area contributed by atoms with Crippen LogP contribution in [-0.2, 0) is 4.79 Å². The van der Waals surface area contributed by atoms with Gasteiger partial charge in [0, 0.05) is 24.4 Å². The fraction of sp³-hybridized carbons (Fsp3) is 0.632. The lowest BCUT2D eigenvalue weighted by atomic mass is 9.86. The molecule has 1 saturated heterocycles. The topological polar surface area (TPSA) is 41.1 Å². The van der Waals surface area contributed by atoms with Gasteiger partial charge in [-0.2, -0.15) is 0 Å². The van der Waals surface area contributed by atoms with Crippen molar-refractivity contribution in [3.63, 3.8) is 0 Å². The fourth-order valence-electron chi connectivity index (χ4n) is 4.81. The second-order valence-electron chi connectivity index (χ2n) is 7.53. The molecule has 1 amide bonds. The number of hydrogen-bond donors (Lipinski definition) is 2. The van der Waals surface area contributed by atoms with E-state index in [-0.39, 0.29) is 23.8 Å². The van der Waals surface area contributed by atoms with Gasteiger partial charge in [-0.05, 0) is 55.3 Å². The normalized spacial score (nSPS) is 35.2. The van der Waals surface area contributed by atoms with Gasteiger partial charge in [0.05, 0.1) is 0 Å². The van der Waals surface area contributed by atoms with Crippen LogP contribution in [0.15, 0.2) is 18.2 Å². The summed E-state index contributed by atoms with van der Waals surface area (Å²) in [5.41, 5.74) is 0.772. The third-order valence-corrected chi connectivity index (χ3v) is 6.14. The van der Waals surface area contributed by atoms with Crippen LogP contribution in [0.5, 0.6) is 0 Å². The standard InChI is InChI=1S/C19H24F2N2O/c20-15-6-5-11(9-16(15)21)12-7-8-22-10-17(12)23-19(24)18-13-3-1-2-4-14(13)18/h5-6,9,12-14,17-18,22H,1-4,7-8,10H2,(H,23,24). The monoisotopic (exact) mass is 334 g/mol. The van der Waals surface area contributed by atoms with Gasteiger partial charge >= 0.3 is 0 Å². The summed E-state index contributed by atoms with van der Waals surface area (Å²) in [6.45, 7) is 1.50. The van der Waals surface area contributed by atoms with E-state index in [1.807, 2.05) is 0 Å². The summed E-state index contributed by atoms with van der Waals surface area (Å²) in [6, 6.07) is 4.05. The van der Waals surface area contributed by atoms with Crippen molar-refractivity contribution < 1.29 is 13.6 Å². The number of benzene rings is 1. The van der Waals surface area contributed by atoms with Crippen molar-refractivity contribution in [3.8, 4) is 0 Å². The molecule has 3 fully saturated rings. The van der Waals surface area contributed by atoms with Crippen LogP contribution in [0.25, 0.3) is 0 Å². The number of piperidine rings is 1. The Bertz CT molecular complexity index is 624. The number of carbonyl (C=O) groups excluding carboxylic acids is 1. The van der Waals surface area contributed by atoms with Crippen molar-refractivity contribution in [2.75, 3.05) is 13.1 Å². The predicted octanol–water partition coefficient (Wildman–Crippen LogP) is 2.96. The molecule has 1 aromatic rings. The average molecular weight is 334 g/mol. The molecular weight excluding hydrogens is 310 g/mol. The summed E-state index contributed by atoms with van der Waals surface area (Å²) in [4.78, 5) is 12.7. The molecule has 1 heterocycles. The van der Waals surface area contributed by atoms with E-state index in [9.17, 15) is 13.6 Å². The van der Waals surface area contributed by atoms with Gasteiger partial charge in [-0.25, -0.2) is 8.78 Å². The minimum atomic E-state index is -0.824. The van der Waals surface area contributed by atoms with E-state index >= 15 is 0 Å². The Labute approximate surface area is 141 Å². The van der Waals surface area contributed by atoms with E-state index in [2.05, 4.69) is 10.6 Å². The van der Waals surface area contributed by atoms with E-state index in [0.717, 1.165) is 18.5 Å². The highest BCUT2D eigenvalue weighted by Crippen LogP contribution is 2.55. The molecule has 2 saturated carbocycles. The SMILES string of the molecule is O=C(NC1CNCCC1c1ccc(F)c(F)c1)C1C2CCCCC21. The number of amides is 1. The lowest BCUT2D eigenvalue weighted by Crippen LogP contribution is -2.50. The molecule has 3 aliphatic rings. The highest BCUT2D eigenvalue weighted by Gasteiger charge is 2.55. The number of rotatable bonds is 3. The first-order chi connectivity index (χ1) is 11.6. The third kappa shape index (κ3) is 2.94. The van der Waals surface area contributed by atoms with Gasteiger partial charge < -0.3 is 10.6 Å². The van der Waals surface area contributed by atoms with Gasteiger partial charge in [-0.15, -0.1) is 0 Å². The Morgan fingerprint density at radius 1 is 1.08 bits per heavy atom. The van der Waals surface area contributed by atoms with E-state index in [1.54, 1.807) is 6.07 Å². The van der Waals surface area contributed by atoms with Crippen molar-refractivity contribution in [2.24, 2.45) is 17.8 Å². The first-order valence-electron chi connectivity index (χ1n) is 9.11. The van der Waals surface area contributed by atoms with Gasteiger partial charge in [-0.1, -0.05) is 18.9 Å². The van der Waals surface area contributed by atoms with Crippen molar-refractivity contribution in [1.29, 1.82) is 0 Å². The highest BCUT2D eigenvalue weighted by molar-refractivity contribution is 5.82. The molecule has 2 N–H and O–H groups in total. The fourth-order valence-corrected chi connectivity index (χ4v) is 4.81. The molecule has 4 unspecified atom stereocenters.